The zero-order valence-electron chi connectivity index (χ0n) is 16.8. The van der Waals surface area contributed by atoms with Crippen molar-refractivity contribution in [2.24, 2.45) is 0 Å². The number of benzene rings is 1. The highest BCUT2D eigenvalue weighted by Crippen LogP contribution is 2.33. The summed E-state index contributed by atoms with van der Waals surface area (Å²) in [6.45, 7) is 1.54. The zero-order valence-corrected chi connectivity index (χ0v) is 18.4. The summed E-state index contributed by atoms with van der Waals surface area (Å²) >= 11 is 7.58. The molecule has 4 rings (SSSR count). The minimum absolute atomic E-state index is 0.0474. The van der Waals surface area contributed by atoms with E-state index in [1.165, 1.54) is 18.0 Å². The van der Waals surface area contributed by atoms with E-state index < -0.39 is 0 Å². The van der Waals surface area contributed by atoms with Gasteiger partial charge in [0.1, 0.15) is 5.39 Å². The number of halogens is 1. The van der Waals surface area contributed by atoms with Gasteiger partial charge in [0.05, 0.1) is 17.9 Å². The maximum Gasteiger partial charge on any atom is 0.265 e. The minimum atomic E-state index is -0.210. The molecule has 8 nitrogen and oxygen atoms in total. The van der Waals surface area contributed by atoms with Crippen LogP contribution in [-0.2, 0) is 4.79 Å². The number of thioether (sulfide) groups is 1. The van der Waals surface area contributed by atoms with Crippen molar-refractivity contribution in [2.45, 2.75) is 24.0 Å². The summed E-state index contributed by atoms with van der Waals surface area (Å²) in [7, 11) is 4.01. The van der Waals surface area contributed by atoms with Gasteiger partial charge in [-0.2, -0.15) is 5.10 Å². The van der Waals surface area contributed by atoms with Gasteiger partial charge in [-0.15, -0.1) is 0 Å². The van der Waals surface area contributed by atoms with Crippen molar-refractivity contribution in [1.82, 2.24) is 29.5 Å². The van der Waals surface area contributed by atoms with Crippen molar-refractivity contribution in [2.75, 3.05) is 32.9 Å². The smallest absolute Gasteiger partial charge is 0.265 e. The second-order valence-electron chi connectivity index (χ2n) is 7.52. The number of nitrogens with one attached hydrogen (secondary N) is 1. The fraction of sp³-hybridized carbons (Fsp3) is 0.400. The van der Waals surface area contributed by atoms with E-state index in [-0.39, 0.29) is 23.9 Å². The van der Waals surface area contributed by atoms with Crippen LogP contribution < -0.4 is 10.9 Å². The molecule has 0 fully saturated rings. The normalized spacial score (nSPS) is 15.7. The van der Waals surface area contributed by atoms with Crippen molar-refractivity contribution in [3.63, 3.8) is 0 Å². The maximum atomic E-state index is 13.2. The van der Waals surface area contributed by atoms with E-state index in [0.29, 0.717) is 33.5 Å². The molecule has 0 radical (unpaired) electrons. The number of fused-ring (bicyclic) bond motifs is 2. The quantitative estimate of drug-likeness (QED) is 0.443. The Balaban J connectivity index is 1.56. The topological polar surface area (TPSA) is 85.1 Å². The molecular weight excluding hydrogens is 424 g/mol. The minimum Gasteiger partial charge on any atom is -0.356 e. The van der Waals surface area contributed by atoms with Crippen LogP contribution in [0.4, 0.5) is 0 Å². The molecule has 1 aliphatic heterocycles. The number of rotatable bonds is 7. The molecule has 0 saturated heterocycles. The Kier molecular flexibility index (Phi) is 6.12. The first-order valence-electron chi connectivity index (χ1n) is 9.74. The highest BCUT2D eigenvalue weighted by Gasteiger charge is 2.29. The van der Waals surface area contributed by atoms with Crippen LogP contribution in [0.5, 0.6) is 0 Å². The summed E-state index contributed by atoms with van der Waals surface area (Å²) < 4.78 is 3.26. The van der Waals surface area contributed by atoms with Gasteiger partial charge in [-0.1, -0.05) is 29.4 Å². The number of hydrogen-bond acceptors (Lipinski definition) is 6. The Labute approximate surface area is 183 Å². The third-order valence-electron chi connectivity index (χ3n) is 4.95. The van der Waals surface area contributed by atoms with Crippen molar-refractivity contribution in [3.05, 3.63) is 45.8 Å². The van der Waals surface area contributed by atoms with Gasteiger partial charge >= 0.3 is 0 Å². The average Bonchev–Trinajstić information content (AvgIpc) is 3.30. The Morgan fingerprint density at radius 3 is 3.00 bits per heavy atom. The second-order valence-corrected chi connectivity index (χ2v) is 8.94. The predicted molar refractivity (Wildman–Crippen MR) is 119 cm³/mol. The fourth-order valence-electron chi connectivity index (χ4n) is 3.49. The van der Waals surface area contributed by atoms with Crippen LogP contribution in [0.25, 0.3) is 16.7 Å². The summed E-state index contributed by atoms with van der Waals surface area (Å²) in [5.74, 6) is 0.596. The summed E-state index contributed by atoms with van der Waals surface area (Å²) in [5.41, 5.74) is 1.07. The number of nitrogens with zero attached hydrogens (tertiary/aromatic N) is 5. The molecule has 0 bridgehead atoms. The van der Waals surface area contributed by atoms with E-state index in [9.17, 15) is 9.59 Å². The Morgan fingerprint density at radius 2 is 2.23 bits per heavy atom. The molecule has 158 valence electrons. The maximum absolute atomic E-state index is 13.2. The first-order valence-corrected chi connectivity index (χ1v) is 11.1. The largest absolute Gasteiger partial charge is 0.356 e. The van der Waals surface area contributed by atoms with Crippen molar-refractivity contribution in [1.29, 1.82) is 0 Å². The van der Waals surface area contributed by atoms with Gasteiger partial charge in [-0.25, -0.2) is 9.67 Å². The Bertz CT molecular complexity index is 1140. The molecule has 1 N–H and O–H groups in total. The molecule has 1 aromatic carbocycles. The molecule has 30 heavy (non-hydrogen) atoms. The third-order valence-corrected chi connectivity index (χ3v) is 6.28. The molecule has 10 heteroatoms. The molecule has 3 aromatic rings. The van der Waals surface area contributed by atoms with E-state index in [1.54, 1.807) is 21.4 Å². The third kappa shape index (κ3) is 4.23. The monoisotopic (exact) mass is 446 g/mol. The number of carbonyl (C=O) groups excluding carboxylic acids is 1. The van der Waals surface area contributed by atoms with Crippen LogP contribution in [0.15, 0.2) is 40.4 Å². The molecule has 2 aromatic heterocycles. The Hall–Kier alpha value is -2.36. The zero-order chi connectivity index (χ0) is 21.3. The highest BCUT2D eigenvalue weighted by atomic mass is 35.5. The molecule has 1 aliphatic rings. The lowest BCUT2D eigenvalue weighted by molar-refractivity contribution is -0.121. The summed E-state index contributed by atoms with van der Waals surface area (Å²) in [5, 5.41) is 8.92. The van der Waals surface area contributed by atoms with Crippen LogP contribution in [0.2, 0.25) is 5.02 Å². The molecule has 3 heterocycles. The molecule has 1 amide bonds. The van der Waals surface area contributed by atoms with Gasteiger partial charge < -0.3 is 10.2 Å². The average molecular weight is 447 g/mol. The first-order chi connectivity index (χ1) is 14.4. The van der Waals surface area contributed by atoms with Crippen LogP contribution in [-0.4, -0.2) is 63.1 Å². The van der Waals surface area contributed by atoms with Crippen LogP contribution >= 0.6 is 23.4 Å². The number of carbonyl (C=O) groups is 1. The standard InChI is InChI=1S/C20H23ClN6O2S/c1-25(2)8-4-7-22-17(28)10-15-12-30-20-24-18-16(19(29)26(15)20)11-23-27(18)14-6-3-5-13(21)9-14/h3,5-6,9,11,15H,4,7-8,10,12H2,1-2H3,(H,22,28)/t15-/m1/s1. The Morgan fingerprint density at radius 1 is 1.40 bits per heavy atom. The SMILES string of the molecule is CN(C)CCCNC(=O)C[C@@H]1CSc2nc3c(cnn3-c3cccc(Cl)c3)c(=O)n21. The highest BCUT2D eigenvalue weighted by molar-refractivity contribution is 7.99. The van der Waals surface area contributed by atoms with Crippen LogP contribution in [0.1, 0.15) is 18.9 Å². The van der Waals surface area contributed by atoms with Crippen molar-refractivity contribution < 1.29 is 4.79 Å². The van der Waals surface area contributed by atoms with Crippen LogP contribution in [0, 0.1) is 0 Å². The van der Waals surface area contributed by atoms with Gasteiger partial charge in [0, 0.05) is 23.7 Å². The number of amides is 1. The number of aromatic nitrogens is 4. The van der Waals surface area contributed by atoms with E-state index in [2.05, 4.69) is 20.3 Å². The summed E-state index contributed by atoms with van der Waals surface area (Å²) in [6, 6.07) is 7.03. The lowest BCUT2D eigenvalue weighted by atomic mass is 10.2. The van der Waals surface area contributed by atoms with E-state index in [1.807, 2.05) is 26.2 Å². The molecule has 0 aliphatic carbocycles. The van der Waals surface area contributed by atoms with E-state index >= 15 is 0 Å². The molecular formula is C20H23ClN6O2S. The van der Waals surface area contributed by atoms with Gasteiger partial charge in [0.15, 0.2) is 10.8 Å². The number of hydrogen-bond donors (Lipinski definition) is 1. The summed E-state index contributed by atoms with van der Waals surface area (Å²) in [4.78, 5) is 32.3. The van der Waals surface area contributed by atoms with Crippen molar-refractivity contribution in [3.8, 4) is 5.69 Å². The van der Waals surface area contributed by atoms with Crippen molar-refractivity contribution >= 4 is 40.3 Å². The van der Waals surface area contributed by atoms with E-state index in [4.69, 9.17) is 11.6 Å². The fourth-order valence-corrected chi connectivity index (χ4v) is 4.80. The first kappa shape index (κ1) is 20.9. The van der Waals surface area contributed by atoms with Gasteiger partial charge in [0.2, 0.25) is 5.91 Å². The molecule has 0 saturated carbocycles. The van der Waals surface area contributed by atoms with Gasteiger partial charge in [0.25, 0.3) is 5.56 Å². The van der Waals surface area contributed by atoms with Gasteiger partial charge in [-0.3, -0.25) is 14.2 Å². The predicted octanol–water partition coefficient (Wildman–Crippen LogP) is 2.34. The molecule has 0 unspecified atom stereocenters. The second kappa shape index (κ2) is 8.79. The molecule has 1 atom stereocenters. The lowest BCUT2D eigenvalue weighted by Gasteiger charge is -2.14. The van der Waals surface area contributed by atoms with Gasteiger partial charge in [-0.05, 0) is 45.3 Å². The molecule has 0 spiro atoms. The van der Waals surface area contributed by atoms with E-state index in [0.717, 1.165) is 18.7 Å². The van der Waals surface area contributed by atoms with Crippen LogP contribution in [0.3, 0.4) is 0 Å². The lowest BCUT2D eigenvalue weighted by Crippen LogP contribution is -2.32. The summed E-state index contributed by atoms with van der Waals surface area (Å²) in [6.07, 6.45) is 2.68.